The van der Waals surface area contributed by atoms with Crippen molar-refractivity contribution in [2.45, 2.75) is 6.04 Å². The molecule has 0 unspecified atom stereocenters. The van der Waals surface area contributed by atoms with Gasteiger partial charge in [-0.3, -0.25) is 0 Å². The van der Waals surface area contributed by atoms with E-state index in [2.05, 4.69) is 10.2 Å². The molecule has 0 aliphatic heterocycles. The largest absolute Gasteiger partial charge is 0.426 e. The maximum atomic E-state index is 13.1. The number of aromatic nitrogens is 2. The van der Waals surface area contributed by atoms with Gasteiger partial charge in [0.2, 0.25) is 12.3 Å². The number of nitrogens with two attached hydrogens (primary N) is 1. The van der Waals surface area contributed by atoms with Crippen molar-refractivity contribution in [1.29, 1.82) is 0 Å². The first-order valence-corrected chi connectivity index (χ1v) is 4.53. The molecule has 0 spiro atoms. The van der Waals surface area contributed by atoms with Crippen LogP contribution in [-0.4, -0.2) is 10.2 Å². The summed E-state index contributed by atoms with van der Waals surface area (Å²) in [6, 6.07) is 3.65. The Bertz CT molecular complexity index is 460. The number of nitrogens with zero attached hydrogens (tertiary/aromatic N) is 2. The van der Waals surface area contributed by atoms with E-state index >= 15 is 0 Å². The maximum Gasteiger partial charge on any atom is 0.237 e. The average Bonchev–Trinajstić information content (AvgIpc) is 2.74. The molecule has 1 heterocycles. The van der Waals surface area contributed by atoms with Crippen molar-refractivity contribution in [2.75, 3.05) is 0 Å². The van der Waals surface area contributed by atoms with Crippen LogP contribution in [0, 0.1) is 5.82 Å². The van der Waals surface area contributed by atoms with Crippen LogP contribution in [0.15, 0.2) is 29.0 Å². The molecule has 1 atom stereocenters. The number of rotatable bonds is 2. The van der Waals surface area contributed by atoms with E-state index < -0.39 is 11.9 Å². The molecule has 2 rings (SSSR count). The third-order valence-electron chi connectivity index (χ3n) is 1.95. The van der Waals surface area contributed by atoms with E-state index in [0.717, 1.165) is 0 Å². The lowest BCUT2D eigenvalue weighted by atomic mass is 10.1. The van der Waals surface area contributed by atoms with Crippen molar-refractivity contribution < 1.29 is 8.81 Å². The summed E-state index contributed by atoms with van der Waals surface area (Å²) in [5, 5.41) is 7.19. The Hall–Kier alpha value is -1.46. The van der Waals surface area contributed by atoms with Crippen LogP contribution >= 0.6 is 11.6 Å². The molecule has 2 N–H and O–H groups in total. The van der Waals surface area contributed by atoms with Crippen LogP contribution in [0.2, 0.25) is 5.02 Å². The molecular weight excluding hydrogens is 221 g/mol. The first-order chi connectivity index (χ1) is 7.18. The van der Waals surface area contributed by atoms with Crippen molar-refractivity contribution in [3.05, 3.63) is 46.9 Å². The molecule has 0 aliphatic rings. The van der Waals surface area contributed by atoms with E-state index in [1.807, 2.05) is 0 Å². The van der Waals surface area contributed by atoms with Gasteiger partial charge in [0.05, 0.1) is 5.02 Å². The monoisotopic (exact) mass is 227 g/mol. The summed E-state index contributed by atoms with van der Waals surface area (Å²) in [7, 11) is 0. The Labute approximate surface area is 89.9 Å². The molecule has 0 radical (unpaired) electrons. The SMILES string of the molecule is N[C@@H](c1ccc(Cl)c(F)c1)c1nnco1. The van der Waals surface area contributed by atoms with Crippen LogP contribution in [0.3, 0.4) is 0 Å². The third kappa shape index (κ3) is 1.98. The van der Waals surface area contributed by atoms with E-state index in [4.69, 9.17) is 21.8 Å². The molecule has 6 heteroatoms. The van der Waals surface area contributed by atoms with Gasteiger partial charge < -0.3 is 10.2 Å². The fourth-order valence-corrected chi connectivity index (χ4v) is 1.28. The molecule has 0 aliphatic carbocycles. The minimum atomic E-state index is -0.640. The predicted octanol–water partition coefficient (Wildman–Crippen LogP) is 1.91. The van der Waals surface area contributed by atoms with Crippen LogP contribution in [0.1, 0.15) is 17.5 Å². The standard InChI is InChI=1S/C9H7ClFN3O/c10-6-2-1-5(3-7(6)11)8(12)9-14-13-4-15-9/h1-4,8H,12H2/t8-/m0/s1. The summed E-state index contributed by atoms with van der Waals surface area (Å²) in [5.41, 5.74) is 6.30. The van der Waals surface area contributed by atoms with E-state index in [9.17, 15) is 4.39 Å². The van der Waals surface area contributed by atoms with E-state index in [-0.39, 0.29) is 10.9 Å². The lowest BCUT2D eigenvalue weighted by Gasteiger charge is -2.07. The molecule has 15 heavy (non-hydrogen) atoms. The molecular formula is C9H7ClFN3O. The van der Waals surface area contributed by atoms with Crippen LogP contribution in [0.4, 0.5) is 4.39 Å². The highest BCUT2D eigenvalue weighted by molar-refractivity contribution is 6.30. The van der Waals surface area contributed by atoms with Gasteiger partial charge in [-0.15, -0.1) is 10.2 Å². The normalized spacial score (nSPS) is 12.7. The van der Waals surface area contributed by atoms with Crippen molar-refractivity contribution in [2.24, 2.45) is 5.73 Å². The lowest BCUT2D eigenvalue weighted by Crippen LogP contribution is -2.12. The summed E-state index contributed by atoms with van der Waals surface area (Å²) in [4.78, 5) is 0. The van der Waals surface area contributed by atoms with Gasteiger partial charge in [0, 0.05) is 0 Å². The Balaban J connectivity index is 2.34. The van der Waals surface area contributed by atoms with Crippen LogP contribution in [0.25, 0.3) is 0 Å². The summed E-state index contributed by atoms with van der Waals surface area (Å²) in [5.74, 6) is -0.291. The Kier molecular flexibility index (Phi) is 2.66. The van der Waals surface area contributed by atoms with Crippen molar-refractivity contribution in [3.8, 4) is 0 Å². The molecule has 0 fully saturated rings. The zero-order chi connectivity index (χ0) is 10.8. The fourth-order valence-electron chi connectivity index (χ4n) is 1.17. The summed E-state index contributed by atoms with van der Waals surface area (Å²) >= 11 is 5.54. The summed E-state index contributed by atoms with van der Waals surface area (Å²) < 4.78 is 18.0. The molecule has 78 valence electrons. The second-order valence-corrected chi connectivity index (χ2v) is 3.34. The molecule has 0 bridgehead atoms. The van der Waals surface area contributed by atoms with Crippen LogP contribution in [0.5, 0.6) is 0 Å². The van der Waals surface area contributed by atoms with E-state index in [1.165, 1.54) is 18.5 Å². The molecule has 0 saturated carbocycles. The fraction of sp³-hybridized carbons (Fsp3) is 0.111. The smallest absolute Gasteiger partial charge is 0.237 e. The van der Waals surface area contributed by atoms with Crippen molar-refractivity contribution in [1.82, 2.24) is 10.2 Å². The number of hydrogen-bond donors (Lipinski definition) is 1. The molecule has 0 saturated heterocycles. The molecule has 2 aromatic rings. The Morgan fingerprint density at radius 2 is 2.27 bits per heavy atom. The predicted molar refractivity (Wildman–Crippen MR) is 51.7 cm³/mol. The highest BCUT2D eigenvalue weighted by Crippen LogP contribution is 2.22. The third-order valence-corrected chi connectivity index (χ3v) is 2.25. The highest BCUT2D eigenvalue weighted by Gasteiger charge is 2.15. The highest BCUT2D eigenvalue weighted by atomic mass is 35.5. The minimum Gasteiger partial charge on any atom is -0.426 e. The van der Waals surface area contributed by atoms with Crippen molar-refractivity contribution in [3.63, 3.8) is 0 Å². The van der Waals surface area contributed by atoms with Gasteiger partial charge in [-0.1, -0.05) is 17.7 Å². The van der Waals surface area contributed by atoms with Gasteiger partial charge in [-0.25, -0.2) is 4.39 Å². The van der Waals surface area contributed by atoms with Crippen LogP contribution < -0.4 is 5.73 Å². The van der Waals surface area contributed by atoms with Gasteiger partial charge in [-0.05, 0) is 17.7 Å². The zero-order valence-electron chi connectivity index (χ0n) is 7.52. The number of benzene rings is 1. The van der Waals surface area contributed by atoms with E-state index in [1.54, 1.807) is 6.07 Å². The Morgan fingerprint density at radius 3 is 2.87 bits per heavy atom. The molecule has 4 nitrogen and oxygen atoms in total. The van der Waals surface area contributed by atoms with Gasteiger partial charge >= 0.3 is 0 Å². The lowest BCUT2D eigenvalue weighted by molar-refractivity contribution is 0.472. The van der Waals surface area contributed by atoms with E-state index in [0.29, 0.717) is 5.56 Å². The van der Waals surface area contributed by atoms with Gasteiger partial charge in [-0.2, -0.15) is 0 Å². The topological polar surface area (TPSA) is 64.9 Å². The molecule has 1 aromatic heterocycles. The number of hydrogen-bond acceptors (Lipinski definition) is 4. The van der Waals surface area contributed by atoms with Crippen molar-refractivity contribution >= 4 is 11.6 Å². The zero-order valence-corrected chi connectivity index (χ0v) is 8.28. The first-order valence-electron chi connectivity index (χ1n) is 4.15. The van der Waals surface area contributed by atoms with Gasteiger partial charge in [0.1, 0.15) is 11.9 Å². The summed E-state index contributed by atoms with van der Waals surface area (Å²) in [6.45, 7) is 0. The second kappa shape index (κ2) is 3.96. The van der Waals surface area contributed by atoms with Gasteiger partial charge in [0.25, 0.3) is 0 Å². The first kappa shape index (κ1) is 10.1. The second-order valence-electron chi connectivity index (χ2n) is 2.93. The minimum absolute atomic E-state index is 0.0523. The van der Waals surface area contributed by atoms with Crippen LogP contribution in [-0.2, 0) is 0 Å². The average molecular weight is 228 g/mol. The molecule has 1 aromatic carbocycles. The van der Waals surface area contributed by atoms with Gasteiger partial charge in [0.15, 0.2) is 0 Å². The maximum absolute atomic E-state index is 13.1. The molecule has 0 amide bonds. The summed E-state index contributed by atoms with van der Waals surface area (Å²) in [6.07, 6.45) is 1.17. The quantitative estimate of drug-likeness (QED) is 0.851. The number of halogens is 2. The Morgan fingerprint density at radius 1 is 1.47 bits per heavy atom.